The van der Waals surface area contributed by atoms with Crippen molar-refractivity contribution in [3.8, 4) is 0 Å². The second kappa shape index (κ2) is 9.13. The van der Waals surface area contributed by atoms with Crippen molar-refractivity contribution in [2.45, 2.75) is 14.7 Å². The summed E-state index contributed by atoms with van der Waals surface area (Å²) < 4.78 is 26.5. The third-order valence-electron chi connectivity index (χ3n) is 4.06. The van der Waals surface area contributed by atoms with E-state index in [-0.39, 0.29) is 16.4 Å². The molecule has 0 saturated heterocycles. The summed E-state index contributed by atoms with van der Waals surface area (Å²) in [5, 5.41) is 2.89. The summed E-state index contributed by atoms with van der Waals surface area (Å²) >= 11 is 4.80. The molecule has 1 N–H and O–H groups in total. The molecule has 0 saturated carbocycles. The maximum atomic E-state index is 12.8. The van der Waals surface area contributed by atoms with E-state index in [0.29, 0.717) is 10.2 Å². The number of benzene rings is 3. The van der Waals surface area contributed by atoms with Gasteiger partial charge in [0.1, 0.15) is 0 Å². The Morgan fingerprint density at radius 3 is 2.31 bits per heavy atom. The van der Waals surface area contributed by atoms with E-state index in [2.05, 4.69) is 21.2 Å². The average Bonchev–Trinajstić information content (AvgIpc) is 2.70. The molecule has 3 aromatic rings. The van der Waals surface area contributed by atoms with Gasteiger partial charge in [-0.15, -0.1) is 0 Å². The molecule has 5 nitrogen and oxygen atoms in total. The molecule has 29 heavy (non-hydrogen) atoms. The Morgan fingerprint density at radius 2 is 1.62 bits per heavy atom. The molecule has 0 unspecified atom stereocenters. The number of anilines is 1. The molecule has 1 amide bonds. The summed E-state index contributed by atoms with van der Waals surface area (Å²) in [6.07, 6.45) is 0. The van der Waals surface area contributed by atoms with Crippen LogP contribution >= 0.6 is 27.7 Å². The molecule has 0 aliphatic rings. The number of nitrogens with one attached hydrogen (secondary N) is 1. The van der Waals surface area contributed by atoms with Crippen LogP contribution < -0.4 is 5.32 Å². The quantitative estimate of drug-likeness (QED) is 0.521. The lowest BCUT2D eigenvalue weighted by molar-refractivity contribution is 0.102. The highest BCUT2D eigenvalue weighted by molar-refractivity contribution is 9.10. The van der Waals surface area contributed by atoms with Crippen molar-refractivity contribution in [3.63, 3.8) is 0 Å². The fourth-order valence-corrected chi connectivity index (χ4v) is 5.27. The first-order valence-electron chi connectivity index (χ1n) is 8.64. The number of carbonyl (C=O) groups excluding carboxylic acids is 1. The number of sulfonamides is 1. The number of amides is 1. The lowest BCUT2D eigenvalue weighted by atomic mass is 10.2. The molecule has 0 fully saturated rings. The highest BCUT2D eigenvalue weighted by atomic mass is 79.9. The number of rotatable bonds is 6. The Morgan fingerprint density at radius 1 is 0.966 bits per heavy atom. The summed E-state index contributed by atoms with van der Waals surface area (Å²) in [6, 6.07) is 21.9. The molecule has 0 heterocycles. The molecule has 0 aliphatic heterocycles. The van der Waals surface area contributed by atoms with Crippen molar-refractivity contribution in [3.05, 3.63) is 82.8 Å². The second-order valence-corrected chi connectivity index (χ2v) is 10.4. The standard InChI is InChI=1S/C21H19BrN2O3S2/c1-24(2)29(26,27)20-14-15(12-13-17(20)22)21(25)23-18-10-6-7-11-19(18)28-16-8-4-3-5-9-16/h3-14H,1-2H3,(H,23,25). The van der Waals surface area contributed by atoms with E-state index in [1.165, 1.54) is 20.2 Å². The normalized spacial score (nSPS) is 11.4. The zero-order valence-corrected chi connectivity index (χ0v) is 19.0. The number of carbonyl (C=O) groups is 1. The van der Waals surface area contributed by atoms with Crippen LogP contribution in [0.2, 0.25) is 0 Å². The van der Waals surface area contributed by atoms with Gasteiger partial charge in [0.15, 0.2) is 0 Å². The molecular formula is C21H19BrN2O3S2. The van der Waals surface area contributed by atoms with Crippen LogP contribution in [-0.2, 0) is 10.0 Å². The minimum absolute atomic E-state index is 0.0436. The molecule has 3 rings (SSSR count). The van der Waals surface area contributed by atoms with Gasteiger partial charge < -0.3 is 5.32 Å². The fourth-order valence-electron chi connectivity index (χ4n) is 2.51. The van der Waals surface area contributed by atoms with Gasteiger partial charge in [0, 0.05) is 33.9 Å². The first-order valence-corrected chi connectivity index (χ1v) is 11.7. The van der Waals surface area contributed by atoms with E-state index < -0.39 is 10.0 Å². The van der Waals surface area contributed by atoms with Crippen molar-refractivity contribution >= 4 is 49.3 Å². The van der Waals surface area contributed by atoms with E-state index in [1.807, 2.05) is 54.6 Å². The summed E-state index contributed by atoms with van der Waals surface area (Å²) in [5.41, 5.74) is 0.916. The number of hydrogen-bond acceptors (Lipinski definition) is 4. The molecule has 0 aliphatic carbocycles. The Labute approximate surface area is 183 Å². The molecule has 8 heteroatoms. The first-order chi connectivity index (χ1) is 13.8. The average molecular weight is 491 g/mol. The first kappa shape index (κ1) is 21.6. The lowest BCUT2D eigenvalue weighted by Gasteiger charge is -2.15. The maximum Gasteiger partial charge on any atom is 0.255 e. The minimum Gasteiger partial charge on any atom is -0.321 e. The van der Waals surface area contributed by atoms with E-state index in [9.17, 15) is 13.2 Å². The number of hydrogen-bond donors (Lipinski definition) is 1. The van der Waals surface area contributed by atoms with Crippen molar-refractivity contribution in [2.75, 3.05) is 19.4 Å². The highest BCUT2D eigenvalue weighted by Crippen LogP contribution is 2.33. The van der Waals surface area contributed by atoms with Gasteiger partial charge in [-0.1, -0.05) is 42.1 Å². The maximum absolute atomic E-state index is 12.8. The third-order valence-corrected chi connectivity index (χ3v) is 7.95. The summed E-state index contributed by atoms with van der Waals surface area (Å²) in [4.78, 5) is 14.8. The molecule has 0 bridgehead atoms. The van der Waals surface area contributed by atoms with E-state index in [4.69, 9.17) is 0 Å². The topological polar surface area (TPSA) is 66.5 Å². The predicted octanol–water partition coefficient (Wildman–Crippen LogP) is 5.10. The van der Waals surface area contributed by atoms with Gasteiger partial charge in [0.25, 0.3) is 5.91 Å². The molecule has 3 aromatic carbocycles. The Bertz CT molecular complexity index is 1130. The SMILES string of the molecule is CN(C)S(=O)(=O)c1cc(C(=O)Nc2ccccc2Sc2ccccc2)ccc1Br. The monoisotopic (exact) mass is 490 g/mol. The van der Waals surface area contributed by atoms with Crippen molar-refractivity contribution in [1.82, 2.24) is 4.31 Å². The minimum atomic E-state index is -3.68. The molecule has 0 atom stereocenters. The highest BCUT2D eigenvalue weighted by Gasteiger charge is 2.22. The molecular weight excluding hydrogens is 472 g/mol. The fraction of sp³-hybridized carbons (Fsp3) is 0.0952. The van der Waals surface area contributed by atoms with Crippen LogP contribution in [0.25, 0.3) is 0 Å². The summed E-state index contributed by atoms with van der Waals surface area (Å²) in [5.74, 6) is -0.381. The zero-order valence-electron chi connectivity index (χ0n) is 15.8. The predicted molar refractivity (Wildman–Crippen MR) is 120 cm³/mol. The molecule has 150 valence electrons. The van der Waals surface area contributed by atoms with Crippen LogP contribution in [0, 0.1) is 0 Å². The molecule has 0 spiro atoms. The summed E-state index contributed by atoms with van der Waals surface area (Å²) in [6.45, 7) is 0. The lowest BCUT2D eigenvalue weighted by Crippen LogP contribution is -2.23. The van der Waals surface area contributed by atoms with Gasteiger partial charge in [-0.05, 0) is 58.4 Å². The van der Waals surface area contributed by atoms with Crippen LogP contribution in [0.1, 0.15) is 10.4 Å². The molecule has 0 radical (unpaired) electrons. The largest absolute Gasteiger partial charge is 0.321 e. The van der Waals surface area contributed by atoms with Gasteiger partial charge in [0.2, 0.25) is 10.0 Å². The van der Waals surface area contributed by atoms with Crippen molar-refractivity contribution in [2.24, 2.45) is 0 Å². The van der Waals surface area contributed by atoms with E-state index in [0.717, 1.165) is 14.1 Å². The van der Waals surface area contributed by atoms with E-state index in [1.54, 1.807) is 23.9 Å². The Hall–Kier alpha value is -2.13. The Kier molecular flexibility index (Phi) is 6.79. The van der Waals surface area contributed by atoms with Crippen LogP contribution in [0.5, 0.6) is 0 Å². The van der Waals surface area contributed by atoms with Gasteiger partial charge in [-0.25, -0.2) is 12.7 Å². The smallest absolute Gasteiger partial charge is 0.255 e. The number of para-hydroxylation sites is 1. The number of nitrogens with zero attached hydrogens (tertiary/aromatic N) is 1. The number of halogens is 1. The van der Waals surface area contributed by atoms with Crippen molar-refractivity contribution < 1.29 is 13.2 Å². The van der Waals surface area contributed by atoms with Crippen LogP contribution in [0.15, 0.2) is 92.0 Å². The summed E-state index contributed by atoms with van der Waals surface area (Å²) in [7, 11) is -0.783. The third kappa shape index (κ3) is 5.08. The van der Waals surface area contributed by atoms with Gasteiger partial charge >= 0.3 is 0 Å². The van der Waals surface area contributed by atoms with Gasteiger partial charge in [-0.2, -0.15) is 0 Å². The van der Waals surface area contributed by atoms with Crippen LogP contribution in [0.3, 0.4) is 0 Å². The van der Waals surface area contributed by atoms with Crippen LogP contribution in [0.4, 0.5) is 5.69 Å². The van der Waals surface area contributed by atoms with Crippen LogP contribution in [-0.4, -0.2) is 32.7 Å². The van der Waals surface area contributed by atoms with Crippen molar-refractivity contribution in [1.29, 1.82) is 0 Å². The second-order valence-electron chi connectivity index (χ2n) is 6.30. The van der Waals surface area contributed by atoms with E-state index >= 15 is 0 Å². The Balaban J connectivity index is 1.88. The van der Waals surface area contributed by atoms with Gasteiger partial charge in [0.05, 0.1) is 10.6 Å². The molecule has 0 aromatic heterocycles. The van der Waals surface area contributed by atoms with Gasteiger partial charge in [-0.3, -0.25) is 4.79 Å². The zero-order chi connectivity index (χ0) is 21.0.